The number of hydrazone groups is 1. The molecular weight excluding hydrogens is 304 g/mol. The molecule has 5 nitrogen and oxygen atoms in total. The van der Waals surface area contributed by atoms with E-state index in [2.05, 4.69) is 17.5 Å². The molecular formula is C19H22N2O3. The summed E-state index contributed by atoms with van der Waals surface area (Å²) in [5, 5.41) is 3.98. The fourth-order valence-electron chi connectivity index (χ4n) is 2.03. The first-order chi connectivity index (χ1) is 11.7. The van der Waals surface area contributed by atoms with Gasteiger partial charge in [0.15, 0.2) is 11.5 Å². The quantitative estimate of drug-likeness (QED) is 0.458. The van der Waals surface area contributed by atoms with Crippen molar-refractivity contribution in [2.45, 2.75) is 19.8 Å². The Morgan fingerprint density at radius 3 is 2.67 bits per heavy atom. The van der Waals surface area contributed by atoms with Crippen LogP contribution in [-0.4, -0.2) is 25.8 Å². The van der Waals surface area contributed by atoms with Gasteiger partial charge in [-0.25, -0.2) is 5.43 Å². The van der Waals surface area contributed by atoms with E-state index < -0.39 is 0 Å². The predicted molar refractivity (Wildman–Crippen MR) is 94.9 cm³/mol. The number of rotatable bonds is 8. The standard InChI is InChI=1S/C19H22N2O3/c1-3-4-12-24-17-11-10-15(13-18(17)23-2)14-20-21-19(22)16-8-6-5-7-9-16/h5-11,13-14H,3-4,12H2,1-2H3,(H,21,22). The summed E-state index contributed by atoms with van der Waals surface area (Å²) in [5.74, 6) is 1.10. The molecule has 0 aromatic heterocycles. The monoisotopic (exact) mass is 326 g/mol. The number of carbonyl (C=O) groups is 1. The minimum absolute atomic E-state index is 0.252. The average molecular weight is 326 g/mol. The minimum Gasteiger partial charge on any atom is -0.493 e. The first-order valence-electron chi connectivity index (χ1n) is 7.94. The molecule has 0 aliphatic rings. The zero-order chi connectivity index (χ0) is 17.2. The van der Waals surface area contributed by atoms with Crippen molar-refractivity contribution in [1.82, 2.24) is 5.43 Å². The average Bonchev–Trinajstić information content (AvgIpc) is 2.63. The third-order valence-electron chi connectivity index (χ3n) is 3.36. The Kier molecular flexibility index (Phi) is 6.83. The summed E-state index contributed by atoms with van der Waals surface area (Å²) in [4.78, 5) is 11.9. The number of unbranched alkanes of at least 4 members (excludes halogenated alkanes) is 1. The highest BCUT2D eigenvalue weighted by molar-refractivity contribution is 5.94. The third-order valence-corrected chi connectivity index (χ3v) is 3.36. The van der Waals surface area contributed by atoms with Crippen LogP contribution in [0.2, 0.25) is 0 Å². The summed E-state index contributed by atoms with van der Waals surface area (Å²) in [6, 6.07) is 14.5. The van der Waals surface area contributed by atoms with E-state index in [0.29, 0.717) is 23.7 Å². The lowest BCUT2D eigenvalue weighted by Crippen LogP contribution is -2.17. The molecule has 24 heavy (non-hydrogen) atoms. The third kappa shape index (κ3) is 5.12. The van der Waals surface area contributed by atoms with Gasteiger partial charge in [-0.05, 0) is 42.3 Å². The molecule has 0 bridgehead atoms. The molecule has 2 aromatic rings. The number of amides is 1. The molecule has 1 N–H and O–H groups in total. The number of nitrogens with zero attached hydrogens (tertiary/aromatic N) is 1. The van der Waals surface area contributed by atoms with Gasteiger partial charge in [-0.15, -0.1) is 0 Å². The van der Waals surface area contributed by atoms with Crippen LogP contribution in [0.3, 0.4) is 0 Å². The lowest BCUT2D eigenvalue weighted by atomic mass is 10.2. The maximum Gasteiger partial charge on any atom is 0.271 e. The van der Waals surface area contributed by atoms with Crippen molar-refractivity contribution < 1.29 is 14.3 Å². The van der Waals surface area contributed by atoms with E-state index in [0.717, 1.165) is 18.4 Å². The van der Waals surface area contributed by atoms with Gasteiger partial charge in [0.2, 0.25) is 0 Å². The van der Waals surface area contributed by atoms with Gasteiger partial charge >= 0.3 is 0 Å². The molecule has 0 spiro atoms. The van der Waals surface area contributed by atoms with Crippen molar-refractivity contribution in [3.05, 3.63) is 59.7 Å². The summed E-state index contributed by atoms with van der Waals surface area (Å²) in [6.07, 6.45) is 3.64. The molecule has 2 rings (SSSR count). The number of nitrogens with one attached hydrogen (secondary N) is 1. The maximum absolute atomic E-state index is 11.9. The lowest BCUT2D eigenvalue weighted by Gasteiger charge is -2.10. The molecule has 0 heterocycles. The van der Waals surface area contributed by atoms with Crippen LogP contribution in [0.4, 0.5) is 0 Å². The Labute approximate surface area is 142 Å². The number of hydrogen-bond acceptors (Lipinski definition) is 4. The van der Waals surface area contributed by atoms with Crippen LogP contribution in [0.5, 0.6) is 11.5 Å². The van der Waals surface area contributed by atoms with Gasteiger partial charge in [-0.1, -0.05) is 31.5 Å². The Bertz CT molecular complexity index is 684. The summed E-state index contributed by atoms with van der Waals surface area (Å²) in [6.45, 7) is 2.78. The van der Waals surface area contributed by atoms with Crippen molar-refractivity contribution in [2.24, 2.45) is 5.10 Å². The molecule has 0 unspecified atom stereocenters. The largest absolute Gasteiger partial charge is 0.493 e. The van der Waals surface area contributed by atoms with Gasteiger partial charge < -0.3 is 9.47 Å². The minimum atomic E-state index is -0.252. The molecule has 0 fully saturated rings. The van der Waals surface area contributed by atoms with Gasteiger partial charge in [0.1, 0.15) is 0 Å². The highest BCUT2D eigenvalue weighted by Gasteiger charge is 2.05. The second-order valence-corrected chi connectivity index (χ2v) is 5.18. The first kappa shape index (κ1) is 17.5. The van der Waals surface area contributed by atoms with Crippen molar-refractivity contribution in [3.8, 4) is 11.5 Å². The second-order valence-electron chi connectivity index (χ2n) is 5.18. The van der Waals surface area contributed by atoms with Crippen LogP contribution >= 0.6 is 0 Å². The Morgan fingerprint density at radius 1 is 1.17 bits per heavy atom. The van der Waals surface area contributed by atoms with E-state index in [1.807, 2.05) is 24.3 Å². The number of hydrogen-bond donors (Lipinski definition) is 1. The summed E-state index contributed by atoms with van der Waals surface area (Å²) in [7, 11) is 1.60. The molecule has 126 valence electrons. The van der Waals surface area contributed by atoms with Crippen molar-refractivity contribution in [2.75, 3.05) is 13.7 Å². The van der Waals surface area contributed by atoms with Crippen molar-refractivity contribution in [3.63, 3.8) is 0 Å². The van der Waals surface area contributed by atoms with Gasteiger partial charge in [0.05, 0.1) is 19.9 Å². The van der Waals surface area contributed by atoms with Gasteiger partial charge in [0.25, 0.3) is 5.91 Å². The fourth-order valence-corrected chi connectivity index (χ4v) is 2.03. The molecule has 0 atom stereocenters. The van der Waals surface area contributed by atoms with Crippen LogP contribution in [0, 0.1) is 0 Å². The molecule has 0 aliphatic carbocycles. The molecule has 0 radical (unpaired) electrons. The molecule has 0 saturated heterocycles. The van der Waals surface area contributed by atoms with Crippen LogP contribution in [0.1, 0.15) is 35.7 Å². The lowest BCUT2D eigenvalue weighted by molar-refractivity contribution is 0.0955. The smallest absolute Gasteiger partial charge is 0.271 e. The molecule has 0 aliphatic heterocycles. The highest BCUT2D eigenvalue weighted by Crippen LogP contribution is 2.27. The number of methoxy groups -OCH3 is 1. The number of carbonyl (C=O) groups excluding carboxylic acids is 1. The number of ether oxygens (including phenoxy) is 2. The Morgan fingerprint density at radius 2 is 1.96 bits per heavy atom. The van der Waals surface area contributed by atoms with Gasteiger partial charge in [-0.2, -0.15) is 5.10 Å². The van der Waals surface area contributed by atoms with Crippen molar-refractivity contribution >= 4 is 12.1 Å². The first-order valence-corrected chi connectivity index (χ1v) is 7.94. The van der Waals surface area contributed by atoms with Gasteiger partial charge in [0, 0.05) is 5.56 Å². The highest BCUT2D eigenvalue weighted by atomic mass is 16.5. The topological polar surface area (TPSA) is 59.9 Å². The second kappa shape index (κ2) is 9.35. The van der Waals surface area contributed by atoms with E-state index in [9.17, 15) is 4.79 Å². The summed E-state index contributed by atoms with van der Waals surface area (Å²) in [5.41, 5.74) is 3.87. The SMILES string of the molecule is CCCCOc1ccc(C=NNC(=O)c2ccccc2)cc1OC. The summed E-state index contributed by atoms with van der Waals surface area (Å²) >= 11 is 0. The van der Waals surface area contributed by atoms with Crippen LogP contribution in [0.25, 0.3) is 0 Å². The predicted octanol–water partition coefficient (Wildman–Crippen LogP) is 3.64. The normalized spacial score (nSPS) is 10.6. The molecule has 1 amide bonds. The summed E-state index contributed by atoms with van der Waals surface area (Å²) < 4.78 is 11.0. The van der Waals surface area contributed by atoms with Crippen LogP contribution in [0.15, 0.2) is 53.6 Å². The van der Waals surface area contributed by atoms with E-state index in [1.54, 1.807) is 37.6 Å². The maximum atomic E-state index is 11.9. The van der Waals surface area contributed by atoms with Gasteiger partial charge in [-0.3, -0.25) is 4.79 Å². The Hall–Kier alpha value is -2.82. The van der Waals surface area contributed by atoms with E-state index in [-0.39, 0.29) is 5.91 Å². The van der Waals surface area contributed by atoms with Crippen molar-refractivity contribution in [1.29, 1.82) is 0 Å². The van der Waals surface area contributed by atoms with Crippen LogP contribution < -0.4 is 14.9 Å². The Balaban J connectivity index is 1.98. The van der Waals surface area contributed by atoms with E-state index in [4.69, 9.17) is 9.47 Å². The molecule has 0 saturated carbocycles. The van der Waals surface area contributed by atoms with E-state index >= 15 is 0 Å². The molecule has 5 heteroatoms. The fraction of sp³-hybridized carbons (Fsp3) is 0.263. The van der Waals surface area contributed by atoms with E-state index in [1.165, 1.54) is 0 Å². The van der Waals surface area contributed by atoms with Crippen LogP contribution in [-0.2, 0) is 0 Å². The molecule has 2 aromatic carbocycles. The number of benzene rings is 2. The zero-order valence-corrected chi connectivity index (χ0v) is 14.0. The zero-order valence-electron chi connectivity index (χ0n) is 14.0.